The lowest BCUT2D eigenvalue weighted by molar-refractivity contribution is -0.135. The van der Waals surface area contributed by atoms with Crippen molar-refractivity contribution in [3.63, 3.8) is 0 Å². The predicted molar refractivity (Wildman–Crippen MR) is 42.5 cm³/mol. The Bertz CT molecular complexity index is 386. The van der Waals surface area contributed by atoms with Crippen LogP contribution in [-0.2, 0) is 4.79 Å². The van der Waals surface area contributed by atoms with Crippen LogP contribution in [0.3, 0.4) is 0 Å². The Morgan fingerprint density at radius 3 is 2.08 bits per heavy atom. The SMILES string of the molecule is NCC(=O)O.Oc1cc2ccc1=2. The van der Waals surface area contributed by atoms with Gasteiger partial charge in [-0.1, -0.05) is 12.1 Å². The molecule has 0 atom stereocenters. The maximum atomic E-state index is 9.24. The summed E-state index contributed by atoms with van der Waals surface area (Å²) in [5, 5.41) is 18.5. The molecule has 0 heterocycles. The van der Waals surface area contributed by atoms with Crippen LogP contribution in [0.25, 0.3) is 0 Å². The van der Waals surface area contributed by atoms with E-state index in [1.54, 1.807) is 6.07 Å². The second-order valence-corrected chi connectivity index (χ2v) is 2.33. The normalized spacial score (nSPS) is 9.75. The van der Waals surface area contributed by atoms with Gasteiger partial charge in [-0.25, -0.2) is 0 Å². The second-order valence-electron chi connectivity index (χ2n) is 2.33. The lowest BCUT2D eigenvalue weighted by Gasteiger charge is -2.02. The van der Waals surface area contributed by atoms with Crippen molar-refractivity contribution in [2.45, 2.75) is 0 Å². The minimum atomic E-state index is -0.968. The number of phenolic OH excluding ortho intramolecular Hbond substituents is 1. The van der Waals surface area contributed by atoms with E-state index in [1.807, 2.05) is 12.1 Å². The number of aromatic hydroxyl groups is 1. The highest BCUT2D eigenvalue weighted by atomic mass is 16.4. The average molecular weight is 167 g/mol. The van der Waals surface area contributed by atoms with Crippen LogP contribution >= 0.6 is 0 Å². The van der Waals surface area contributed by atoms with Gasteiger partial charge in [0.1, 0.15) is 5.75 Å². The van der Waals surface area contributed by atoms with Gasteiger partial charge in [0.05, 0.1) is 6.54 Å². The highest BCUT2D eigenvalue weighted by Gasteiger charge is 2.00. The molecule has 4 nitrogen and oxygen atoms in total. The Hall–Kier alpha value is -1.55. The molecule has 0 saturated heterocycles. The number of carboxylic acid groups (broad SMARTS) is 1. The van der Waals surface area contributed by atoms with Crippen LogP contribution in [0.15, 0.2) is 18.2 Å². The van der Waals surface area contributed by atoms with Crippen molar-refractivity contribution >= 4 is 5.97 Å². The van der Waals surface area contributed by atoms with Gasteiger partial charge in [-0.3, -0.25) is 4.79 Å². The highest BCUT2D eigenvalue weighted by molar-refractivity contribution is 5.68. The molecule has 64 valence electrons. The van der Waals surface area contributed by atoms with Gasteiger partial charge in [-0.2, -0.15) is 0 Å². The lowest BCUT2D eigenvalue weighted by Crippen LogP contribution is -2.10. The van der Waals surface area contributed by atoms with E-state index in [2.05, 4.69) is 5.73 Å². The molecule has 4 N–H and O–H groups in total. The summed E-state index contributed by atoms with van der Waals surface area (Å²) in [6, 6.07) is 5.65. The van der Waals surface area contributed by atoms with Crippen LogP contribution in [0.5, 0.6) is 5.75 Å². The van der Waals surface area contributed by atoms with Crippen LogP contribution in [-0.4, -0.2) is 22.7 Å². The molecule has 2 rings (SSSR count). The first kappa shape index (κ1) is 8.55. The van der Waals surface area contributed by atoms with Gasteiger partial charge in [0.15, 0.2) is 0 Å². The predicted octanol–water partition coefficient (Wildman–Crippen LogP) is 0.0223. The standard InChI is InChI=1S/C6H4O.C2H5NO2/c7-6-3-4-1-2-5(4)6;3-1-2(4)5/h1-3,7H;1,3H2,(H,4,5). The minimum Gasteiger partial charge on any atom is -0.507 e. The molecule has 0 aromatic heterocycles. The van der Waals surface area contributed by atoms with Crippen LogP contribution in [0.1, 0.15) is 0 Å². The first-order valence-electron chi connectivity index (χ1n) is 3.40. The van der Waals surface area contributed by atoms with E-state index in [0.29, 0.717) is 5.75 Å². The van der Waals surface area contributed by atoms with Crippen molar-refractivity contribution in [2.24, 2.45) is 5.73 Å². The van der Waals surface area contributed by atoms with E-state index in [-0.39, 0.29) is 6.54 Å². The smallest absolute Gasteiger partial charge is 0.317 e. The zero-order valence-electron chi connectivity index (χ0n) is 6.32. The largest absolute Gasteiger partial charge is 0.507 e. The molecular formula is C8H9NO3. The van der Waals surface area contributed by atoms with Crippen LogP contribution in [0.4, 0.5) is 0 Å². The van der Waals surface area contributed by atoms with E-state index in [4.69, 9.17) is 10.2 Å². The fourth-order valence-electron chi connectivity index (χ4n) is 0.769. The monoisotopic (exact) mass is 167 g/mol. The summed E-state index contributed by atoms with van der Waals surface area (Å²) >= 11 is 0. The molecular weight excluding hydrogens is 158 g/mol. The molecule has 0 fully saturated rings. The number of carboxylic acids is 1. The first-order valence-corrected chi connectivity index (χ1v) is 3.40. The van der Waals surface area contributed by atoms with E-state index in [0.717, 1.165) is 5.22 Å². The Labute approximate surface area is 68.6 Å². The topological polar surface area (TPSA) is 83.6 Å². The van der Waals surface area contributed by atoms with Gasteiger partial charge in [-0.05, 0) is 11.3 Å². The molecule has 12 heavy (non-hydrogen) atoms. The van der Waals surface area contributed by atoms with Crippen LogP contribution < -0.4 is 5.73 Å². The van der Waals surface area contributed by atoms with Crippen molar-refractivity contribution in [3.8, 4) is 5.75 Å². The van der Waals surface area contributed by atoms with Crippen molar-refractivity contribution in [2.75, 3.05) is 6.54 Å². The molecule has 0 saturated carbocycles. The van der Waals surface area contributed by atoms with Crippen LogP contribution in [0, 0.1) is 10.4 Å². The van der Waals surface area contributed by atoms with Gasteiger partial charge in [0.25, 0.3) is 0 Å². The van der Waals surface area contributed by atoms with Gasteiger partial charge in [0.2, 0.25) is 0 Å². The van der Waals surface area contributed by atoms with E-state index in [1.165, 1.54) is 5.22 Å². The van der Waals surface area contributed by atoms with Crippen molar-refractivity contribution in [3.05, 3.63) is 28.6 Å². The summed E-state index contributed by atoms with van der Waals surface area (Å²) in [7, 11) is 0. The Morgan fingerprint density at radius 2 is 2.08 bits per heavy atom. The van der Waals surface area contributed by atoms with E-state index >= 15 is 0 Å². The highest BCUT2D eigenvalue weighted by Crippen LogP contribution is 2.21. The lowest BCUT2D eigenvalue weighted by atomic mass is 10.1. The molecule has 4 heteroatoms. The van der Waals surface area contributed by atoms with E-state index in [9.17, 15) is 4.79 Å². The summed E-state index contributed by atoms with van der Waals surface area (Å²) < 4.78 is 0. The number of carbonyl (C=O) groups is 1. The Kier molecular flexibility index (Phi) is 2.30. The summed E-state index contributed by atoms with van der Waals surface area (Å²) in [5.41, 5.74) is 4.57. The summed E-state index contributed by atoms with van der Waals surface area (Å²) in [6.07, 6.45) is 0. The maximum Gasteiger partial charge on any atom is 0.317 e. The number of benzene rings is 1. The third-order valence-electron chi connectivity index (χ3n) is 1.48. The van der Waals surface area contributed by atoms with Crippen molar-refractivity contribution < 1.29 is 15.0 Å². The first-order chi connectivity index (χ1) is 5.65. The fraction of sp³-hybridized carbons (Fsp3) is 0.125. The third kappa shape index (κ3) is 1.54. The molecule has 0 aliphatic heterocycles. The van der Waals surface area contributed by atoms with Crippen molar-refractivity contribution in [1.82, 2.24) is 0 Å². The molecule has 2 aliphatic rings. The number of aliphatic carboxylic acids is 1. The average Bonchev–Trinajstić information content (AvgIpc) is 2.00. The number of phenols is 1. The summed E-state index contributed by atoms with van der Waals surface area (Å²) in [6.45, 7) is -0.278. The van der Waals surface area contributed by atoms with Gasteiger partial charge < -0.3 is 15.9 Å². The van der Waals surface area contributed by atoms with E-state index < -0.39 is 5.97 Å². The van der Waals surface area contributed by atoms with Crippen molar-refractivity contribution in [1.29, 1.82) is 0 Å². The third-order valence-corrected chi connectivity index (χ3v) is 1.48. The molecule has 0 spiro atoms. The zero-order valence-corrected chi connectivity index (χ0v) is 6.32. The number of rotatable bonds is 1. The maximum absolute atomic E-state index is 9.24. The molecule has 2 aliphatic carbocycles. The fourth-order valence-corrected chi connectivity index (χ4v) is 0.769. The molecule has 0 amide bonds. The zero-order chi connectivity index (χ0) is 9.14. The number of hydrogen-bond donors (Lipinski definition) is 3. The second kappa shape index (κ2) is 3.23. The van der Waals surface area contributed by atoms with Gasteiger partial charge in [-0.15, -0.1) is 0 Å². The minimum absolute atomic E-state index is 0.278. The molecule has 0 aromatic rings. The number of nitrogens with two attached hydrogens (primary N) is 1. The van der Waals surface area contributed by atoms with Gasteiger partial charge in [0, 0.05) is 5.22 Å². The van der Waals surface area contributed by atoms with Gasteiger partial charge >= 0.3 is 5.97 Å². The number of hydrogen-bond acceptors (Lipinski definition) is 3. The molecule has 0 radical (unpaired) electrons. The quantitative estimate of drug-likeness (QED) is 0.559. The Morgan fingerprint density at radius 1 is 1.50 bits per heavy atom. The van der Waals surface area contributed by atoms with Crippen LogP contribution in [0.2, 0.25) is 0 Å². The molecule has 0 aromatic carbocycles. The molecule has 0 bridgehead atoms. The molecule has 0 unspecified atom stereocenters. The summed E-state index contributed by atoms with van der Waals surface area (Å²) in [4.78, 5) is 9.24. The summed E-state index contributed by atoms with van der Waals surface area (Å²) in [5.74, 6) is -0.525. The Balaban J connectivity index is 0.000000130.